The molecule has 0 atom stereocenters. The molecule has 1 heterocycles. The predicted molar refractivity (Wildman–Crippen MR) is 105 cm³/mol. The van der Waals surface area contributed by atoms with Gasteiger partial charge in [-0.25, -0.2) is 30.7 Å². The number of methoxy groups -OCH3 is 2. The number of benzene rings is 1. The normalized spacial score (nSPS) is 11.8. The molecular weight excluding hydrogens is 440 g/mol. The SMILES string of the molecule is COc1nc(NC(=O)NS(=O)(=O)c2ccccc2CS(=O)(=O)N(C)C)nc(OC)n1. The summed E-state index contributed by atoms with van der Waals surface area (Å²) in [7, 11) is -2.94. The fourth-order valence-corrected chi connectivity index (χ4v) is 4.23. The van der Waals surface area contributed by atoms with E-state index in [1.807, 2.05) is 0 Å². The average molecular weight is 460 g/mol. The minimum atomic E-state index is -4.42. The maximum Gasteiger partial charge on any atom is 0.335 e. The number of anilines is 1. The molecule has 1 aromatic heterocycles. The lowest BCUT2D eigenvalue weighted by molar-refractivity contribution is 0.256. The van der Waals surface area contributed by atoms with E-state index in [2.05, 4.69) is 20.3 Å². The summed E-state index contributed by atoms with van der Waals surface area (Å²) in [6, 6.07) is 3.90. The number of hydrogen-bond acceptors (Lipinski definition) is 10. The summed E-state index contributed by atoms with van der Waals surface area (Å²) in [5, 5.41) is 2.13. The number of carbonyl (C=O) groups excluding carboxylic acids is 1. The first-order valence-corrected chi connectivity index (χ1v) is 11.2. The third-order valence-corrected chi connectivity index (χ3v) is 6.79. The van der Waals surface area contributed by atoms with E-state index >= 15 is 0 Å². The molecule has 30 heavy (non-hydrogen) atoms. The van der Waals surface area contributed by atoms with Crippen LogP contribution in [0.25, 0.3) is 0 Å². The Bertz CT molecular complexity index is 1110. The first kappa shape index (κ1) is 23.2. The zero-order valence-corrected chi connectivity index (χ0v) is 18.1. The molecule has 2 N–H and O–H groups in total. The molecule has 0 spiro atoms. The van der Waals surface area contributed by atoms with Crippen LogP contribution in [0.4, 0.5) is 10.7 Å². The molecule has 0 bridgehead atoms. The van der Waals surface area contributed by atoms with Gasteiger partial charge < -0.3 is 9.47 Å². The smallest absolute Gasteiger partial charge is 0.335 e. The Kier molecular flexibility index (Phi) is 7.12. The number of sulfonamides is 2. The molecule has 0 aliphatic carbocycles. The van der Waals surface area contributed by atoms with Crippen LogP contribution in [0, 0.1) is 0 Å². The molecule has 0 aliphatic rings. The van der Waals surface area contributed by atoms with E-state index < -0.39 is 31.8 Å². The van der Waals surface area contributed by atoms with Gasteiger partial charge in [-0.05, 0) is 11.6 Å². The van der Waals surface area contributed by atoms with E-state index in [0.29, 0.717) is 0 Å². The van der Waals surface area contributed by atoms with Crippen molar-refractivity contribution in [3.63, 3.8) is 0 Å². The minimum Gasteiger partial charge on any atom is -0.467 e. The molecule has 0 saturated heterocycles. The van der Waals surface area contributed by atoms with Gasteiger partial charge in [0.1, 0.15) is 0 Å². The van der Waals surface area contributed by atoms with Gasteiger partial charge in [0.15, 0.2) is 0 Å². The summed E-state index contributed by atoms with van der Waals surface area (Å²) < 4.78 is 62.1. The van der Waals surface area contributed by atoms with Crippen LogP contribution in [0.3, 0.4) is 0 Å². The fourth-order valence-electron chi connectivity index (χ4n) is 2.09. The third kappa shape index (κ3) is 5.74. The van der Waals surface area contributed by atoms with Crippen molar-refractivity contribution in [2.45, 2.75) is 10.6 Å². The summed E-state index contributed by atoms with van der Waals surface area (Å²) >= 11 is 0. The largest absolute Gasteiger partial charge is 0.467 e. The topological polar surface area (TPSA) is 170 Å². The lowest BCUT2D eigenvalue weighted by Gasteiger charge is -2.15. The molecule has 13 nitrogen and oxygen atoms in total. The molecule has 2 aromatic rings. The highest BCUT2D eigenvalue weighted by Gasteiger charge is 2.25. The standard InChI is InChI=1S/C15H20N6O7S2/c1-21(2)29(23,24)9-10-7-5-6-8-11(10)30(25,26)20-13(22)16-12-17-14(27-3)19-15(18-12)28-4/h5-8H,9H2,1-4H3,(H2,16,17,18,19,20,22). The van der Waals surface area contributed by atoms with Gasteiger partial charge in [0.25, 0.3) is 10.0 Å². The molecule has 15 heteroatoms. The van der Waals surface area contributed by atoms with E-state index in [1.165, 1.54) is 52.6 Å². The van der Waals surface area contributed by atoms with Crippen LogP contribution in [-0.4, -0.2) is 70.4 Å². The Morgan fingerprint density at radius 1 is 1.00 bits per heavy atom. The van der Waals surface area contributed by atoms with Gasteiger partial charge in [-0.15, -0.1) is 4.98 Å². The minimum absolute atomic E-state index is 0.00463. The highest BCUT2D eigenvalue weighted by Crippen LogP contribution is 2.19. The van der Waals surface area contributed by atoms with Crippen LogP contribution in [0.5, 0.6) is 12.0 Å². The number of nitrogens with zero attached hydrogens (tertiary/aromatic N) is 4. The number of rotatable bonds is 8. The van der Waals surface area contributed by atoms with E-state index in [0.717, 1.165) is 4.31 Å². The highest BCUT2D eigenvalue weighted by atomic mass is 32.2. The van der Waals surface area contributed by atoms with Crippen molar-refractivity contribution in [2.75, 3.05) is 33.6 Å². The molecule has 164 valence electrons. The van der Waals surface area contributed by atoms with Crippen molar-refractivity contribution in [1.82, 2.24) is 24.0 Å². The highest BCUT2D eigenvalue weighted by molar-refractivity contribution is 7.90. The number of aromatic nitrogens is 3. The van der Waals surface area contributed by atoms with Crippen LogP contribution in [0.2, 0.25) is 0 Å². The van der Waals surface area contributed by atoms with Crippen molar-refractivity contribution in [1.29, 1.82) is 0 Å². The summed E-state index contributed by atoms with van der Waals surface area (Å²) in [5.41, 5.74) is -0.00463. The summed E-state index contributed by atoms with van der Waals surface area (Å²) in [5.74, 6) is -0.893. The van der Waals surface area contributed by atoms with Crippen molar-refractivity contribution in [3.8, 4) is 12.0 Å². The summed E-state index contributed by atoms with van der Waals surface area (Å²) in [6.45, 7) is 0. The Hall–Kier alpha value is -3.04. The average Bonchev–Trinajstić information content (AvgIpc) is 2.66. The zero-order chi connectivity index (χ0) is 22.5. The number of ether oxygens (including phenoxy) is 2. The van der Waals surface area contributed by atoms with E-state index in [-0.39, 0.29) is 28.4 Å². The molecule has 0 saturated carbocycles. The van der Waals surface area contributed by atoms with Gasteiger partial charge >= 0.3 is 18.1 Å². The number of carbonyl (C=O) groups is 1. The predicted octanol–water partition coefficient (Wildman–Crippen LogP) is -0.209. The monoisotopic (exact) mass is 460 g/mol. The van der Waals surface area contributed by atoms with E-state index in [4.69, 9.17) is 9.47 Å². The maximum absolute atomic E-state index is 12.7. The zero-order valence-electron chi connectivity index (χ0n) is 16.5. The van der Waals surface area contributed by atoms with Crippen LogP contribution >= 0.6 is 0 Å². The van der Waals surface area contributed by atoms with Crippen LogP contribution in [0.1, 0.15) is 5.56 Å². The van der Waals surface area contributed by atoms with E-state index in [9.17, 15) is 21.6 Å². The second-order valence-corrected chi connectivity index (χ2v) is 9.67. The summed E-state index contributed by atoms with van der Waals surface area (Å²) in [6.07, 6.45) is 0. The fraction of sp³-hybridized carbons (Fsp3) is 0.333. The van der Waals surface area contributed by atoms with Gasteiger partial charge in [-0.2, -0.15) is 9.97 Å². The first-order chi connectivity index (χ1) is 14.0. The van der Waals surface area contributed by atoms with Crippen molar-refractivity contribution < 1.29 is 31.1 Å². The molecule has 0 fully saturated rings. The van der Waals surface area contributed by atoms with Crippen molar-refractivity contribution >= 4 is 32.0 Å². The van der Waals surface area contributed by atoms with Crippen molar-refractivity contribution in [2.24, 2.45) is 0 Å². The molecule has 2 rings (SSSR count). The van der Waals surface area contributed by atoms with Gasteiger partial charge in [-0.1, -0.05) is 18.2 Å². The summed E-state index contributed by atoms with van der Waals surface area (Å²) in [4.78, 5) is 23.1. The third-order valence-electron chi connectivity index (χ3n) is 3.57. The number of nitrogens with one attached hydrogen (secondary N) is 2. The molecule has 0 aliphatic heterocycles. The van der Waals surface area contributed by atoms with Crippen LogP contribution in [-0.2, 0) is 25.8 Å². The lowest BCUT2D eigenvalue weighted by Crippen LogP contribution is -2.35. The van der Waals surface area contributed by atoms with Gasteiger partial charge in [0, 0.05) is 14.1 Å². The van der Waals surface area contributed by atoms with Crippen LogP contribution < -0.4 is 19.5 Å². The number of urea groups is 1. The second kappa shape index (κ2) is 9.19. The quantitative estimate of drug-likeness (QED) is 0.537. The molecule has 0 unspecified atom stereocenters. The molecule has 1 aromatic carbocycles. The second-order valence-electron chi connectivity index (χ2n) is 5.84. The van der Waals surface area contributed by atoms with E-state index in [1.54, 1.807) is 4.72 Å². The van der Waals surface area contributed by atoms with Gasteiger partial charge in [-0.3, -0.25) is 5.32 Å². The van der Waals surface area contributed by atoms with Gasteiger partial charge in [0.05, 0.1) is 24.9 Å². The Morgan fingerprint density at radius 3 is 2.10 bits per heavy atom. The Labute approximate surface area is 173 Å². The number of amides is 2. The lowest BCUT2D eigenvalue weighted by atomic mass is 10.2. The van der Waals surface area contributed by atoms with Crippen molar-refractivity contribution in [3.05, 3.63) is 29.8 Å². The molecular formula is C15H20N6O7S2. The van der Waals surface area contributed by atoms with Gasteiger partial charge in [0.2, 0.25) is 16.0 Å². The Morgan fingerprint density at radius 2 is 1.57 bits per heavy atom. The number of hydrogen-bond donors (Lipinski definition) is 2. The molecule has 0 radical (unpaired) electrons. The maximum atomic E-state index is 12.7. The molecule has 2 amide bonds. The first-order valence-electron chi connectivity index (χ1n) is 8.14. The Balaban J connectivity index is 2.26. The van der Waals surface area contributed by atoms with Crippen LogP contribution in [0.15, 0.2) is 29.2 Å².